The summed E-state index contributed by atoms with van der Waals surface area (Å²) < 4.78 is 10.3. The van der Waals surface area contributed by atoms with Gasteiger partial charge in [0.25, 0.3) is 0 Å². The lowest BCUT2D eigenvalue weighted by molar-refractivity contribution is -0.137. The molecule has 0 aromatic carbocycles. The summed E-state index contributed by atoms with van der Waals surface area (Å²) in [5, 5.41) is 0.155. The molecule has 1 saturated heterocycles. The Morgan fingerprint density at radius 3 is 2.48 bits per heavy atom. The van der Waals surface area contributed by atoms with Gasteiger partial charge < -0.3 is 14.4 Å². The number of esters is 1. The fraction of sp³-hybridized carbons (Fsp3) is 0.733. The Bertz CT molecular complexity index is 426. The van der Waals surface area contributed by atoms with Gasteiger partial charge >= 0.3 is 12.1 Å². The summed E-state index contributed by atoms with van der Waals surface area (Å²) in [6.45, 7) is 8.66. The normalized spacial score (nSPS) is 18.8. The van der Waals surface area contributed by atoms with Crippen molar-refractivity contribution in [3.63, 3.8) is 0 Å². The molecule has 1 aliphatic heterocycles. The molecule has 6 heteroatoms. The summed E-state index contributed by atoms with van der Waals surface area (Å²) in [6.07, 6.45) is 1.69. The standard InChI is InChI=1S/C15H24ClNO4/c1-5-20-13(18)12(16)11-7-6-9-17(10-8-11)14(19)21-15(2,3)4/h5-10H2,1-4H3/b12-11+. The Morgan fingerprint density at radius 2 is 1.90 bits per heavy atom. The van der Waals surface area contributed by atoms with Crippen LogP contribution < -0.4 is 0 Å². The summed E-state index contributed by atoms with van der Waals surface area (Å²) >= 11 is 6.07. The van der Waals surface area contributed by atoms with Crippen LogP contribution in [-0.4, -0.2) is 42.3 Å². The van der Waals surface area contributed by atoms with Gasteiger partial charge in [-0.25, -0.2) is 9.59 Å². The van der Waals surface area contributed by atoms with Crippen LogP contribution >= 0.6 is 11.6 Å². The topological polar surface area (TPSA) is 55.8 Å². The van der Waals surface area contributed by atoms with E-state index in [1.807, 2.05) is 20.8 Å². The van der Waals surface area contributed by atoms with Crippen LogP contribution in [0.4, 0.5) is 4.79 Å². The zero-order valence-electron chi connectivity index (χ0n) is 13.2. The van der Waals surface area contributed by atoms with Crippen LogP contribution in [0.25, 0.3) is 0 Å². The van der Waals surface area contributed by atoms with Crippen LogP contribution in [0, 0.1) is 0 Å². The number of carbonyl (C=O) groups excluding carboxylic acids is 2. The zero-order valence-corrected chi connectivity index (χ0v) is 14.0. The summed E-state index contributed by atoms with van der Waals surface area (Å²) in [4.78, 5) is 25.3. The molecule has 0 atom stereocenters. The minimum atomic E-state index is -0.509. The lowest BCUT2D eigenvalue weighted by Gasteiger charge is -2.26. The lowest BCUT2D eigenvalue weighted by atomic mass is 10.1. The van der Waals surface area contributed by atoms with Crippen LogP contribution in [0.1, 0.15) is 47.0 Å². The highest BCUT2D eigenvalue weighted by Gasteiger charge is 2.25. The van der Waals surface area contributed by atoms with Crippen molar-refractivity contribution in [2.45, 2.75) is 52.6 Å². The SMILES string of the molecule is CCOC(=O)/C(Cl)=C1/CCCN(C(=O)OC(C)(C)C)CC1. The van der Waals surface area contributed by atoms with Crippen molar-refractivity contribution in [1.29, 1.82) is 0 Å². The second kappa shape index (κ2) is 7.69. The van der Waals surface area contributed by atoms with Crippen molar-refractivity contribution >= 4 is 23.7 Å². The maximum absolute atomic E-state index is 12.0. The lowest BCUT2D eigenvalue weighted by Crippen LogP contribution is -2.37. The fourth-order valence-corrected chi connectivity index (χ4v) is 2.30. The molecular formula is C15H24ClNO4. The average molecular weight is 318 g/mol. The van der Waals surface area contributed by atoms with Crippen LogP contribution in [0.5, 0.6) is 0 Å². The minimum absolute atomic E-state index is 0.155. The Labute approximate surface area is 131 Å². The molecule has 0 spiro atoms. The molecule has 0 bridgehead atoms. The molecule has 0 aromatic heterocycles. The second-order valence-electron chi connectivity index (χ2n) is 5.96. The predicted molar refractivity (Wildman–Crippen MR) is 81.2 cm³/mol. The number of ether oxygens (including phenoxy) is 2. The molecule has 120 valence electrons. The molecule has 1 aliphatic rings. The Kier molecular flexibility index (Phi) is 6.52. The molecule has 0 aromatic rings. The summed E-state index contributed by atoms with van der Waals surface area (Å²) in [7, 11) is 0. The van der Waals surface area contributed by atoms with E-state index in [0.717, 1.165) is 12.0 Å². The van der Waals surface area contributed by atoms with Gasteiger partial charge in [0.2, 0.25) is 0 Å². The number of hydrogen-bond donors (Lipinski definition) is 0. The largest absolute Gasteiger partial charge is 0.462 e. The van der Waals surface area contributed by atoms with Gasteiger partial charge in [0.1, 0.15) is 10.6 Å². The second-order valence-corrected chi connectivity index (χ2v) is 6.34. The number of hydrogen-bond acceptors (Lipinski definition) is 4. The first-order valence-corrected chi connectivity index (χ1v) is 7.65. The molecule has 0 radical (unpaired) electrons. The van der Waals surface area contributed by atoms with Crippen molar-refractivity contribution in [3.05, 3.63) is 10.6 Å². The molecule has 1 rings (SSSR count). The van der Waals surface area contributed by atoms with E-state index in [1.165, 1.54) is 0 Å². The van der Waals surface area contributed by atoms with Gasteiger partial charge in [0, 0.05) is 13.1 Å². The van der Waals surface area contributed by atoms with E-state index in [4.69, 9.17) is 21.1 Å². The van der Waals surface area contributed by atoms with Crippen LogP contribution in [0.2, 0.25) is 0 Å². The first kappa shape index (κ1) is 17.8. The highest BCUT2D eigenvalue weighted by molar-refractivity contribution is 6.41. The van der Waals surface area contributed by atoms with Gasteiger partial charge in [0.05, 0.1) is 6.61 Å². The molecule has 0 aliphatic carbocycles. The molecule has 21 heavy (non-hydrogen) atoms. The maximum atomic E-state index is 12.0. The van der Waals surface area contributed by atoms with Crippen LogP contribution in [0.15, 0.2) is 10.6 Å². The third-order valence-corrected chi connectivity index (χ3v) is 3.43. The minimum Gasteiger partial charge on any atom is -0.462 e. The molecule has 1 heterocycles. The molecule has 0 unspecified atom stereocenters. The van der Waals surface area contributed by atoms with E-state index in [1.54, 1.807) is 11.8 Å². The van der Waals surface area contributed by atoms with Gasteiger partial charge in [0.15, 0.2) is 0 Å². The van der Waals surface area contributed by atoms with Crippen molar-refractivity contribution in [2.75, 3.05) is 19.7 Å². The molecule has 0 N–H and O–H groups in total. The third-order valence-electron chi connectivity index (χ3n) is 3.01. The molecule has 1 amide bonds. The highest BCUT2D eigenvalue weighted by Crippen LogP contribution is 2.24. The predicted octanol–water partition coefficient (Wildman–Crippen LogP) is 3.46. The fourth-order valence-electron chi connectivity index (χ4n) is 2.06. The zero-order chi connectivity index (χ0) is 16.0. The maximum Gasteiger partial charge on any atom is 0.410 e. The number of likely N-dealkylation sites (tertiary alicyclic amines) is 1. The Hall–Kier alpha value is -1.23. The van der Waals surface area contributed by atoms with Crippen LogP contribution in [0.3, 0.4) is 0 Å². The van der Waals surface area contributed by atoms with Crippen molar-refractivity contribution < 1.29 is 19.1 Å². The van der Waals surface area contributed by atoms with E-state index in [9.17, 15) is 9.59 Å². The van der Waals surface area contributed by atoms with Crippen molar-refractivity contribution in [3.8, 4) is 0 Å². The number of nitrogens with zero attached hydrogens (tertiary/aromatic N) is 1. The smallest absolute Gasteiger partial charge is 0.410 e. The highest BCUT2D eigenvalue weighted by atomic mass is 35.5. The number of rotatable bonds is 2. The number of halogens is 1. The summed E-state index contributed by atoms with van der Waals surface area (Å²) in [5.41, 5.74) is 0.339. The number of carbonyl (C=O) groups is 2. The summed E-state index contributed by atoms with van der Waals surface area (Å²) in [6, 6.07) is 0. The van der Waals surface area contributed by atoms with Gasteiger partial charge in [-0.2, -0.15) is 0 Å². The molecule has 5 nitrogen and oxygen atoms in total. The van der Waals surface area contributed by atoms with Gasteiger partial charge in [-0.1, -0.05) is 11.6 Å². The quantitative estimate of drug-likeness (QED) is 0.578. The first-order valence-electron chi connectivity index (χ1n) is 7.27. The summed E-state index contributed by atoms with van der Waals surface area (Å²) in [5.74, 6) is -0.486. The van der Waals surface area contributed by atoms with E-state index >= 15 is 0 Å². The van der Waals surface area contributed by atoms with Crippen molar-refractivity contribution in [2.24, 2.45) is 0 Å². The Morgan fingerprint density at radius 1 is 1.24 bits per heavy atom. The van der Waals surface area contributed by atoms with Gasteiger partial charge in [-0.15, -0.1) is 0 Å². The van der Waals surface area contributed by atoms with E-state index < -0.39 is 11.6 Å². The van der Waals surface area contributed by atoms with Crippen molar-refractivity contribution in [1.82, 2.24) is 4.90 Å². The first-order chi connectivity index (χ1) is 9.74. The molecule has 1 fully saturated rings. The van der Waals surface area contributed by atoms with Gasteiger partial charge in [-0.3, -0.25) is 0 Å². The molecular weight excluding hydrogens is 294 g/mol. The number of amides is 1. The molecule has 0 saturated carbocycles. The Balaban J connectivity index is 2.68. The van der Waals surface area contributed by atoms with Gasteiger partial charge in [-0.05, 0) is 52.5 Å². The van der Waals surface area contributed by atoms with E-state index in [2.05, 4.69) is 0 Å². The van der Waals surface area contributed by atoms with Crippen LogP contribution in [-0.2, 0) is 14.3 Å². The van der Waals surface area contributed by atoms with E-state index in [-0.39, 0.29) is 11.1 Å². The monoisotopic (exact) mass is 317 g/mol. The third kappa shape index (κ3) is 5.96. The van der Waals surface area contributed by atoms with E-state index in [0.29, 0.717) is 32.5 Å². The average Bonchev–Trinajstić information content (AvgIpc) is 2.61.